The van der Waals surface area contributed by atoms with Gasteiger partial charge in [0.2, 0.25) is 0 Å². The zero-order valence-corrected chi connectivity index (χ0v) is 11.3. The van der Waals surface area contributed by atoms with Crippen LogP contribution in [0.15, 0.2) is 24.4 Å². The fourth-order valence-corrected chi connectivity index (χ4v) is 2.69. The lowest BCUT2D eigenvalue weighted by Gasteiger charge is -2.18. The summed E-state index contributed by atoms with van der Waals surface area (Å²) in [6, 6.07) is 5.93. The number of rotatable bonds is 1. The summed E-state index contributed by atoms with van der Waals surface area (Å²) in [6.07, 6.45) is 6.54. The van der Waals surface area contributed by atoms with Crippen LogP contribution in [0.4, 0.5) is 0 Å². The second-order valence-electron chi connectivity index (χ2n) is 5.23. The largest absolute Gasteiger partial charge is 0.337 e. The van der Waals surface area contributed by atoms with Crippen molar-refractivity contribution in [1.29, 1.82) is 0 Å². The van der Waals surface area contributed by atoms with Crippen molar-refractivity contribution < 1.29 is 4.79 Å². The molecule has 4 heteroatoms. The summed E-state index contributed by atoms with van der Waals surface area (Å²) in [5, 5.41) is 0. The predicted molar refractivity (Wildman–Crippen MR) is 74.3 cm³/mol. The van der Waals surface area contributed by atoms with E-state index in [9.17, 15) is 4.79 Å². The van der Waals surface area contributed by atoms with E-state index in [4.69, 9.17) is 0 Å². The number of hydrogen-bond acceptors (Lipinski definition) is 2. The number of nitrogens with zero attached hydrogens (tertiary/aromatic N) is 3. The van der Waals surface area contributed by atoms with Gasteiger partial charge in [0, 0.05) is 25.0 Å². The van der Waals surface area contributed by atoms with Gasteiger partial charge in [-0.3, -0.25) is 4.79 Å². The molecular formula is C15H19N3O. The van der Waals surface area contributed by atoms with Crippen molar-refractivity contribution in [1.82, 2.24) is 14.3 Å². The molecule has 2 aromatic rings. The average Bonchev–Trinajstić information content (AvgIpc) is 2.67. The topological polar surface area (TPSA) is 37.6 Å². The minimum absolute atomic E-state index is 0.0741. The van der Waals surface area contributed by atoms with Crippen LogP contribution in [-0.4, -0.2) is 33.3 Å². The van der Waals surface area contributed by atoms with E-state index in [0.29, 0.717) is 5.69 Å². The smallest absolute Gasteiger partial charge is 0.274 e. The van der Waals surface area contributed by atoms with Gasteiger partial charge in [-0.05, 0) is 31.9 Å². The van der Waals surface area contributed by atoms with Crippen molar-refractivity contribution >= 4 is 11.6 Å². The van der Waals surface area contributed by atoms with E-state index in [1.807, 2.05) is 40.6 Å². The van der Waals surface area contributed by atoms with Crippen LogP contribution in [0.25, 0.3) is 5.65 Å². The second kappa shape index (κ2) is 5.03. The van der Waals surface area contributed by atoms with Gasteiger partial charge in [-0.2, -0.15) is 0 Å². The van der Waals surface area contributed by atoms with E-state index in [-0.39, 0.29) is 5.91 Å². The van der Waals surface area contributed by atoms with Crippen molar-refractivity contribution in [3.05, 3.63) is 35.8 Å². The summed E-state index contributed by atoms with van der Waals surface area (Å²) in [5.41, 5.74) is 2.51. The Morgan fingerprint density at radius 3 is 2.58 bits per heavy atom. The van der Waals surface area contributed by atoms with Crippen LogP contribution in [-0.2, 0) is 0 Å². The summed E-state index contributed by atoms with van der Waals surface area (Å²) >= 11 is 0. The highest BCUT2D eigenvalue weighted by Crippen LogP contribution is 2.14. The fourth-order valence-electron chi connectivity index (χ4n) is 2.69. The second-order valence-corrected chi connectivity index (χ2v) is 5.23. The third-order valence-corrected chi connectivity index (χ3v) is 3.81. The van der Waals surface area contributed by atoms with Gasteiger partial charge in [0.1, 0.15) is 11.3 Å². The summed E-state index contributed by atoms with van der Waals surface area (Å²) in [6.45, 7) is 3.76. The molecule has 0 aromatic carbocycles. The summed E-state index contributed by atoms with van der Waals surface area (Å²) in [4.78, 5) is 18.9. The molecule has 3 rings (SSSR count). The molecule has 0 bridgehead atoms. The first-order valence-corrected chi connectivity index (χ1v) is 7.00. The maximum Gasteiger partial charge on any atom is 0.274 e. The number of likely N-dealkylation sites (tertiary alicyclic amines) is 1. The van der Waals surface area contributed by atoms with Gasteiger partial charge in [0.15, 0.2) is 0 Å². The Balaban J connectivity index is 1.90. The van der Waals surface area contributed by atoms with E-state index in [1.165, 1.54) is 12.8 Å². The number of aromatic nitrogens is 2. The molecule has 1 aliphatic heterocycles. The van der Waals surface area contributed by atoms with E-state index in [2.05, 4.69) is 4.98 Å². The zero-order valence-electron chi connectivity index (χ0n) is 11.3. The van der Waals surface area contributed by atoms with Crippen LogP contribution in [0, 0.1) is 6.92 Å². The lowest BCUT2D eigenvalue weighted by molar-refractivity contribution is 0.0756. The third-order valence-electron chi connectivity index (χ3n) is 3.81. The number of aryl methyl sites for hydroxylation is 1. The molecule has 1 aliphatic rings. The first-order valence-electron chi connectivity index (χ1n) is 7.00. The lowest BCUT2D eigenvalue weighted by Crippen LogP contribution is -2.32. The molecule has 0 atom stereocenters. The van der Waals surface area contributed by atoms with E-state index < -0.39 is 0 Å². The highest BCUT2D eigenvalue weighted by Gasteiger charge is 2.19. The Morgan fingerprint density at radius 2 is 1.89 bits per heavy atom. The molecule has 4 nitrogen and oxygen atoms in total. The Bertz CT molecular complexity index is 594. The molecule has 0 aliphatic carbocycles. The fraction of sp³-hybridized carbons (Fsp3) is 0.467. The first-order chi connectivity index (χ1) is 9.25. The quantitative estimate of drug-likeness (QED) is 0.787. The van der Waals surface area contributed by atoms with Gasteiger partial charge in [-0.15, -0.1) is 0 Å². The summed E-state index contributed by atoms with van der Waals surface area (Å²) < 4.78 is 1.98. The molecule has 0 radical (unpaired) electrons. The molecule has 0 unspecified atom stereocenters. The number of pyridine rings is 1. The maximum absolute atomic E-state index is 12.5. The Kier molecular flexibility index (Phi) is 3.23. The molecule has 1 saturated heterocycles. The zero-order chi connectivity index (χ0) is 13.2. The Hall–Kier alpha value is -1.84. The molecule has 0 spiro atoms. The van der Waals surface area contributed by atoms with Crippen LogP contribution >= 0.6 is 0 Å². The maximum atomic E-state index is 12.5. The number of imidazole rings is 1. The SMILES string of the molecule is Cc1cccc2nc(C(=O)N3CCCCCC3)cn12. The molecule has 1 fully saturated rings. The van der Waals surface area contributed by atoms with Crippen molar-refractivity contribution in [3.63, 3.8) is 0 Å². The molecule has 1 amide bonds. The summed E-state index contributed by atoms with van der Waals surface area (Å²) in [7, 11) is 0. The molecule has 100 valence electrons. The van der Waals surface area contributed by atoms with Gasteiger partial charge in [0.25, 0.3) is 5.91 Å². The van der Waals surface area contributed by atoms with E-state index in [1.54, 1.807) is 0 Å². The van der Waals surface area contributed by atoms with Crippen LogP contribution in [0.3, 0.4) is 0 Å². The van der Waals surface area contributed by atoms with Gasteiger partial charge in [0.05, 0.1) is 0 Å². The monoisotopic (exact) mass is 257 g/mol. The predicted octanol–water partition coefficient (Wildman–Crippen LogP) is 2.66. The van der Waals surface area contributed by atoms with E-state index in [0.717, 1.165) is 37.3 Å². The molecular weight excluding hydrogens is 238 g/mol. The normalized spacial score (nSPS) is 16.6. The highest BCUT2D eigenvalue weighted by atomic mass is 16.2. The number of amides is 1. The Labute approximate surface area is 113 Å². The molecule has 0 saturated carbocycles. The third kappa shape index (κ3) is 2.35. The van der Waals surface area contributed by atoms with Crippen LogP contribution < -0.4 is 0 Å². The van der Waals surface area contributed by atoms with Crippen LogP contribution in [0.2, 0.25) is 0 Å². The minimum atomic E-state index is 0.0741. The van der Waals surface area contributed by atoms with Crippen molar-refractivity contribution in [2.45, 2.75) is 32.6 Å². The average molecular weight is 257 g/mol. The van der Waals surface area contributed by atoms with Gasteiger partial charge < -0.3 is 9.30 Å². The number of carbonyl (C=O) groups excluding carboxylic acids is 1. The lowest BCUT2D eigenvalue weighted by atomic mass is 10.2. The summed E-state index contributed by atoms with van der Waals surface area (Å²) in [5.74, 6) is 0.0741. The molecule has 0 N–H and O–H groups in total. The van der Waals surface area contributed by atoms with Crippen molar-refractivity contribution in [3.8, 4) is 0 Å². The van der Waals surface area contributed by atoms with Gasteiger partial charge >= 0.3 is 0 Å². The number of hydrogen-bond donors (Lipinski definition) is 0. The van der Waals surface area contributed by atoms with E-state index >= 15 is 0 Å². The van der Waals surface area contributed by atoms with Gasteiger partial charge in [-0.25, -0.2) is 4.98 Å². The first kappa shape index (κ1) is 12.2. The molecule has 3 heterocycles. The Morgan fingerprint density at radius 1 is 1.16 bits per heavy atom. The molecule has 2 aromatic heterocycles. The van der Waals surface area contributed by atoms with Crippen LogP contribution in [0.1, 0.15) is 41.9 Å². The van der Waals surface area contributed by atoms with Crippen molar-refractivity contribution in [2.75, 3.05) is 13.1 Å². The number of fused-ring (bicyclic) bond motifs is 1. The van der Waals surface area contributed by atoms with Crippen LogP contribution in [0.5, 0.6) is 0 Å². The molecule has 19 heavy (non-hydrogen) atoms. The minimum Gasteiger partial charge on any atom is -0.337 e. The van der Waals surface area contributed by atoms with Crippen molar-refractivity contribution in [2.24, 2.45) is 0 Å². The number of carbonyl (C=O) groups is 1. The van der Waals surface area contributed by atoms with Gasteiger partial charge in [-0.1, -0.05) is 18.9 Å². The standard InChI is InChI=1S/C15H19N3O/c1-12-7-6-8-14-16-13(11-18(12)14)15(19)17-9-4-2-3-5-10-17/h6-8,11H,2-5,9-10H2,1H3. The highest BCUT2D eigenvalue weighted by molar-refractivity contribution is 5.93.